The Morgan fingerprint density at radius 3 is 2.50 bits per heavy atom. The number of aryl methyl sites for hydroxylation is 1. The van der Waals surface area contributed by atoms with Gasteiger partial charge in [0.15, 0.2) is 0 Å². The van der Waals surface area contributed by atoms with Crippen molar-refractivity contribution in [2.75, 3.05) is 11.1 Å². The van der Waals surface area contributed by atoms with Crippen molar-refractivity contribution in [2.24, 2.45) is 5.41 Å². The van der Waals surface area contributed by atoms with E-state index in [0.717, 1.165) is 11.3 Å². The van der Waals surface area contributed by atoms with Crippen LogP contribution in [0, 0.1) is 12.3 Å². The molecule has 0 aromatic heterocycles. The molecule has 88 valence electrons. The number of anilines is 2. The lowest BCUT2D eigenvalue weighted by atomic mass is 9.92. The van der Waals surface area contributed by atoms with E-state index < -0.39 is 0 Å². The van der Waals surface area contributed by atoms with E-state index in [4.69, 9.17) is 5.73 Å². The molecule has 16 heavy (non-hydrogen) atoms. The third kappa shape index (κ3) is 3.93. The van der Waals surface area contributed by atoms with Crippen LogP contribution in [0.25, 0.3) is 0 Å². The largest absolute Gasteiger partial charge is 0.399 e. The third-order valence-corrected chi connectivity index (χ3v) is 2.22. The number of hydrogen-bond acceptors (Lipinski definition) is 2. The second-order valence-electron chi connectivity index (χ2n) is 5.36. The number of carbonyl (C=O) groups is 1. The van der Waals surface area contributed by atoms with E-state index in [9.17, 15) is 4.79 Å². The number of carbonyl (C=O) groups excluding carboxylic acids is 1. The van der Waals surface area contributed by atoms with E-state index in [0.29, 0.717) is 12.1 Å². The van der Waals surface area contributed by atoms with E-state index in [1.807, 2.05) is 39.8 Å². The number of nitrogens with two attached hydrogens (primary N) is 1. The molecule has 1 rings (SSSR count). The van der Waals surface area contributed by atoms with Crippen molar-refractivity contribution in [1.29, 1.82) is 0 Å². The molecule has 0 aliphatic heterocycles. The van der Waals surface area contributed by atoms with Crippen LogP contribution in [0.1, 0.15) is 32.8 Å². The van der Waals surface area contributed by atoms with Crippen molar-refractivity contribution >= 4 is 17.3 Å². The standard InChI is InChI=1S/C13H20N2O/c1-9-7-10(14)5-6-11(9)15-12(16)8-13(2,3)4/h5-7H,8,14H2,1-4H3,(H,15,16). The Balaban J connectivity index is 2.70. The van der Waals surface area contributed by atoms with Gasteiger partial charge in [0.2, 0.25) is 5.91 Å². The number of nitrogens with one attached hydrogen (secondary N) is 1. The first-order valence-electron chi connectivity index (χ1n) is 5.44. The predicted octanol–water partition coefficient (Wildman–Crippen LogP) is 2.95. The molecular weight excluding hydrogens is 200 g/mol. The maximum absolute atomic E-state index is 11.7. The van der Waals surface area contributed by atoms with Gasteiger partial charge < -0.3 is 11.1 Å². The molecule has 0 saturated heterocycles. The van der Waals surface area contributed by atoms with Crippen molar-refractivity contribution in [2.45, 2.75) is 34.1 Å². The molecule has 0 bridgehead atoms. The normalized spacial score (nSPS) is 11.2. The van der Waals surface area contributed by atoms with Gasteiger partial charge in [-0.3, -0.25) is 4.79 Å². The molecular formula is C13H20N2O. The Hall–Kier alpha value is -1.51. The van der Waals surface area contributed by atoms with Crippen molar-refractivity contribution in [1.82, 2.24) is 0 Å². The molecule has 0 radical (unpaired) electrons. The van der Waals surface area contributed by atoms with Crippen LogP contribution < -0.4 is 11.1 Å². The zero-order valence-electron chi connectivity index (χ0n) is 10.4. The topological polar surface area (TPSA) is 55.1 Å². The average Bonchev–Trinajstić information content (AvgIpc) is 2.06. The quantitative estimate of drug-likeness (QED) is 0.753. The summed E-state index contributed by atoms with van der Waals surface area (Å²) in [6.07, 6.45) is 0.511. The minimum Gasteiger partial charge on any atom is -0.399 e. The fourth-order valence-corrected chi connectivity index (χ4v) is 1.50. The molecule has 0 heterocycles. The lowest BCUT2D eigenvalue weighted by Crippen LogP contribution is -2.20. The molecule has 0 saturated carbocycles. The van der Waals surface area contributed by atoms with Crippen molar-refractivity contribution in [3.63, 3.8) is 0 Å². The fourth-order valence-electron chi connectivity index (χ4n) is 1.50. The number of benzene rings is 1. The van der Waals surface area contributed by atoms with Gasteiger partial charge in [-0.15, -0.1) is 0 Å². The Morgan fingerprint density at radius 1 is 1.38 bits per heavy atom. The first kappa shape index (κ1) is 12.6. The van der Waals surface area contributed by atoms with Gasteiger partial charge in [-0.25, -0.2) is 0 Å². The highest BCUT2D eigenvalue weighted by atomic mass is 16.1. The Kier molecular flexibility index (Phi) is 3.58. The predicted molar refractivity (Wildman–Crippen MR) is 68.3 cm³/mol. The summed E-state index contributed by atoms with van der Waals surface area (Å²) in [7, 11) is 0. The zero-order chi connectivity index (χ0) is 12.3. The van der Waals surface area contributed by atoms with Crippen LogP contribution >= 0.6 is 0 Å². The van der Waals surface area contributed by atoms with Crippen LogP contribution in [0.5, 0.6) is 0 Å². The monoisotopic (exact) mass is 220 g/mol. The maximum atomic E-state index is 11.7. The van der Waals surface area contributed by atoms with Crippen LogP contribution in [-0.4, -0.2) is 5.91 Å². The molecule has 0 atom stereocenters. The number of hydrogen-bond donors (Lipinski definition) is 2. The Morgan fingerprint density at radius 2 is 2.00 bits per heavy atom. The molecule has 0 aliphatic carbocycles. The first-order valence-corrected chi connectivity index (χ1v) is 5.44. The van der Waals surface area contributed by atoms with Crippen molar-refractivity contribution in [3.8, 4) is 0 Å². The SMILES string of the molecule is Cc1cc(N)ccc1NC(=O)CC(C)(C)C. The summed E-state index contributed by atoms with van der Waals surface area (Å²) < 4.78 is 0. The number of nitrogen functional groups attached to an aromatic ring is 1. The summed E-state index contributed by atoms with van der Waals surface area (Å²) >= 11 is 0. The van der Waals surface area contributed by atoms with Crippen LogP contribution in [0.15, 0.2) is 18.2 Å². The maximum Gasteiger partial charge on any atom is 0.224 e. The van der Waals surface area contributed by atoms with Gasteiger partial charge in [0.05, 0.1) is 0 Å². The van der Waals surface area contributed by atoms with Gasteiger partial charge in [0, 0.05) is 17.8 Å². The summed E-state index contributed by atoms with van der Waals surface area (Å²) in [5.41, 5.74) is 8.19. The zero-order valence-corrected chi connectivity index (χ0v) is 10.4. The van der Waals surface area contributed by atoms with Gasteiger partial charge in [-0.1, -0.05) is 20.8 Å². The van der Waals surface area contributed by atoms with E-state index in [-0.39, 0.29) is 11.3 Å². The lowest BCUT2D eigenvalue weighted by molar-refractivity contribution is -0.117. The highest BCUT2D eigenvalue weighted by Gasteiger charge is 2.16. The van der Waals surface area contributed by atoms with E-state index in [1.54, 1.807) is 6.07 Å². The summed E-state index contributed by atoms with van der Waals surface area (Å²) in [5, 5.41) is 2.90. The first-order chi connectivity index (χ1) is 7.28. The second kappa shape index (κ2) is 4.56. The number of rotatable bonds is 2. The molecule has 1 aromatic rings. The number of amides is 1. The van der Waals surface area contributed by atoms with Gasteiger partial charge in [0.25, 0.3) is 0 Å². The van der Waals surface area contributed by atoms with Gasteiger partial charge in [-0.05, 0) is 36.1 Å². The highest BCUT2D eigenvalue weighted by molar-refractivity contribution is 5.92. The molecule has 3 N–H and O–H groups in total. The smallest absolute Gasteiger partial charge is 0.224 e. The minimum atomic E-state index is 0.00575. The Bertz CT molecular complexity index is 391. The summed E-state index contributed by atoms with van der Waals surface area (Å²) in [6, 6.07) is 5.48. The van der Waals surface area contributed by atoms with E-state index in [2.05, 4.69) is 5.32 Å². The average molecular weight is 220 g/mol. The molecule has 0 fully saturated rings. The van der Waals surface area contributed by atoms with E-state index >= 15 is 0 Å². The highest BCUT2D eigenvalue weighted by Crippen LogP contribution is 2.22. The molecule has 3 nitrogen and oxygen atoms in total. The van der Waals surface area contributed by atoms with Crippen LogP contribution in [0.2, 0.25) is 0 Å². The summed E-state index contributed by atoms with van der Waals surface area (Å²) in [6.45, 7) is 8.07. The second-order valence-corrected chi connectivity index (χ2v) is 5.36. The minimum absolute atomic E-state index is 0.00575. The summed E-state index contributed by atoms with van der Waals surface area (Å²) in [5.74, 6) is 0.0420. The Labute approximate surface area is 97.0 Å². The van der Waals surface area contributed by atoms with Gasteiger partial charge in [-0.2, -0.15) is 0 Å². The molecule has 3 heteroatoms. The lowest BCUT2D eigenvalue weighted by Gasteiger charge is -2.18. The van der Waals surface area contributed by atoms with Gasteiger partial charge in [0.1, 0.15) is 0 Å². The molecule has 1 amide bonds. The summed E-state index contributed by atoms with van der Waals surface area (Å²) in [4.78, 5) is 11.7. The molecule has 1 aromatic carbocycles. The fraction of sp³-hybridized carbons (Fsp3) is 0.462. The molecule has 0 aliphatic rings. The van der Waals surface area contributed by atoms with Crippen LogP contribution in [0.4, 0.5) is 11.4 Å². The molecule has 0 unspecified atom stereocenters. The van der Waals surface area contributed by atoms with Crippen LogP contribution in [-0.2, 0) is 4.79 Å². The van der Waals surface area contributed by atoms with Crippen molar-refractivity contribution in [3.05, 3.63) is 23.8 Å². The van der Waals surface area contributed by atoms with Crippen LogP contribution in [0.3, 0.4) is 0 Å². The molecule has 0 spiro atoms. The van der Waals surface area contributed by atoms with Crippen molar-refractivity contribution < 1.29 is 4.79 Å². The third-order valence-electron chi connectivity index (χ3n) is 2.22. The van der Waals surface area contributed by atoms with Gasteiger partial charge >= 0.3 is 0 Å². The van der Waals surface area contributed by atoms with E-state index in [1.165, 1.54) is 0 Å².